The number of pyridine rings is 1. The summed E-state index contributed by atoms with van der Waals surface area (Å²) < 4.78 is 13.0. The number of nitrogens with zero attached hydrogens (tertiary/aromatic N) is 3. The van der Waals surface area contributed by atoms with Gasteiger partial charge in [-0.05, 0) is 19.1 Å². The van der Waals surface area contributed by atoms with E-state index in [-0.39, 0.29) is 17.3 Å². The summed E-state index contributed by atoms with van der Waals surface area (Å²) in [6.45, 7) is 1.95. The minimum absolute atomic E-state index is 0.00700. The van der Waals surface area contributed by atoms with E-state index in [0.717, 1.165) is 12.3 Å². The number of halogens is 2. The molecule has 0 saturated heterocycles. The van der Waals surface area contributed by atoms with Gasteiger partial charge >= 0.3 is 0 Å². The lowest BCUT2D eigenvalue weighted by Gasteiger charge is -2.06. The normalized spacial score (nSPS) is 10.3. The molecule has 2 aromatic heterocycles. The van der Waals surface area contributed by atoms with Crippen molar-refractivity contribution < 1.29 is 9.18 Å². The Morgan fingerprint density at radius 3 is 3.00 bits per heavy atom. The maximum atomic E-state index is 13.0. The van der Waals surface area contributed by atoms with Crippen molar-refractivity contribution in [3.8, 4) is 0 Å². The zero-order chi connectivity index (χ0) is 13.8. The molecule has 0 spiro atoms. The molecule has 98 valence electrons. The number of nitrogens with one attached hydrogen (secondary N) is 1. The summed E-state index contributed by atoms with van der Waals surface area (Å²) >= 11 is 5.73. The molecular formula is C12H10ClFN4O. The molecule has 0 aliphatic rings. The fraction of sp³-hybridized carbons (Fsp3) is 0.167. The SMILES string of the molecule is Cc1nccc(CNC(=O)c2cc(F)cnc2Cl)n1. The third-order valence-electron chi connectivity index (χ3n) is 2.31. The quantitative estimate of drug-likeness (QED) is 0.872. The molecule has 0 atom stereocenters. The largest absolute Gasteiger partial charge is 0.346 e. The molecule has 0 saturated carbocycles. The summed E-state index contributed by atoms with van der Waals surface area (Å²) in [5.74, 6) is -0.516. The first kappa shape index (κ1) is 13.4. The fourth-order valence-electron chi connectivity index (χ4n) is 1.45. The molecule has 0 aromatic carbocycles. The number of carbonyl (C=O) groups excluding carboxylic acids is 1. The summed E-state index contributed by atoms with van der Waals surface area (Å²) in [6, 6.07) is 2.72. The molecule has 0 bridgehead atoms. The van der Waals surface area contributed by atoms with Crippen molar-refractivity contribution in [1.29, 1.82) is 0 Å². The van der Waals surface area contributed by atoms with E-state index in [9.17, 15) is 9.18 Å². The van der Waals surface area contributed by atoms with Gasteiger partial charge in [0.05, 0.1) is 24.0 Å². The van der Waals surface area contributed by atoms with Crippen molar-refractivity contribution in [2.45, 2.75) is 13.5 Å². The van der Waals surface area contributed by atoms with Crippen LogP contribution in [0.4, 0.5) is 4.39 Å². The van der Waals surface area contributed by atoms with Gasteiger partial charge in [-0.15, -0.1) is 0 Å². The molecule has 2 rings (SSSR count). The van der Waals surface area contributed by atoms with Gasteiger partial charge in [-0.25, -0.2) is 19.3 Å². The Morgan fingerprint density at radius 2 is 2.26 bits per heavy atom. The van der Waals surface area contributed by atoms with E-state index in [0.29, 0.717) is 11.5 Å². The van der Waals surface area contributed by atoms with Gasteiger partial charge in [-0.3, -0.25) is 4.79 Å². The molecule has 1 N–H and O–H groups in total. The van der Waals surface area contributed by atoms with Crippen LogP contribution in [0.1, 0.15) is 21.9 Å². The highest BCUT2D eigenvalue weighted by molar-refractivity contribution is 6.32. The van der Waals surface area contributed by atoms with Crippen molar-refractivity contribution in [3.63, 3.8) is 0 Å². The van der Waals surface area contributed by atoms with E-state index >= 15 is 0 Å². The molecule has 7 heteroatoms. The Hall–Kier alpha value is -2.08. The highest BCUT2D eigenvalue weighted by atomic mass is 35.5. The van der Waals surface area contributed by atoms with Crippen molar-refractivity contribution in [2.24, 2.45) is 0 Å². The maximum Gasteiger partial charge on any atom is 0.254 e. The Balaban J connectivity index is 2.07. The van der Waals surface area contributed by atoms with Crippen LogP contribution >= 0.6 is 11.6 Å². The van der Waals surface area contributed by atoms with Crippen LogP contribution in [-0.4, -0.2) is 20.9 Å². The van der Waals surface area contributed by atoms with Crippen LogP contribution in [0.2, 0.25) is 5.15 Å². The van der Waals surface area contributed by atoms with E-state index < -0.39 is 11.7 Å². The number of hydrogen-bond donors (Lipinski definition) is 1. The molecule has 5 nitrogen and oxygen atoms in total. The summed E-state index contributed by atoms with van der Waals surface area (Å²) in [4.78, 5) is 23.5. The Kier molecular flexibility index (Phi) is 4.01. The molecule has 2 aromatic rings. The summed E-state index contributed by atoms with van der Waals surface area (Å²) in [5.41, 5.74) is 0.647. The molecule has 1 amide bonds. The summed E-state index contributed by atoms with van der Waals surface area (Å²) in [6.07, 6.45) is 2.55. The molecule has 2 heterocycles. The van der Waals surface area contributed by atoms with Crippen molar-refractivity contribution in [3.05, 3.63) is 52.6 Å². The first-order chi connectivity index (χ1) is 9.06. The molecule has 0 unspecified atom stereocenters. The fourth-order valence-corrected chi connectivity index (χ4v) is 1.64. The monoisotopic (exact) mass is 280 g/mol. The topological polar surface area (TPSA) is 67.8 Å². The number of rotatable bonds is 3. The lowest BCUT2D eigenvalue weighted by molar-refractivity contribution is 0.0949. The predicted octanol–water partition coefficient (Wildman–Crippen LogP) is 1.90. The summed E-state index contributed by atoms with van der Waals surface area (Å²) in [5, 5.41) is 2.55. The number of aromatic nitrogens is 3. The molecule has 0 aliphatic heterocycles. The Morgan fingerprint density at radius 1 is 1.47 bits per heavy atom. The van der Waals surface area contributed by atoms with Crippen LogP contribution in [0.3, 0.4) is 0 Å². The van der Waals surface area contributed by atoms with Crippen molar-refractivity contribution in [1.82, 2.24) is 20.3 Å². The third kappa shape index (κ3) is 3.45. The minimum Gasteiger partial charge on any atom is -0.346 e. The molecular weight excluding hydrogens is 271 g/mol. The van der Waals surface area contributed by atoms with Gasteiger partial charge in [0.1, 0.15) is 16.8 Å². The van der Waals surface area contributed by atoms with E-state index in [4.69, 9.17) is 11.6 Å². The predicted molar refractivity (Wildman–Crippen MR) is 67.1 cm³/mol. The van der Waals surface area contributed by atoms with E-state index in [1.54, 1.807) is 19.2 Å². The number of aryl methyl sites for hydroxylation is 1. The Bertz CT molecular complexity index is 620. The van der Waals surface area contributed by atoms with Crippen molar-refractivity contribution >= 4 is 17.5 Å². The van der Waals surface area contributed by atoms with E-state index in [1.807, 2.05) is 0 Å². The average molecular weight is 281 g/mol. The van der Waals surface area contributed by atoms with E-state index in [2.05, 4.69) is 20.3 Å². The van der Waals surface area contributed by atoms with Gasteiger partial charge in [-0.2, -0.15) is 0 Å². The molecule has 0 radical (unpaired) electrons. The second kappa shape index (κ2) is 5.71. The van der Waals surface area contributed by atoms with Crippen LogP contribution in [0, 0.1) is 12.7 Å². The smallest absolute Gasteiger partial charge is 0.254 e. The zero-order valence-electron chi connectivity index (χ0n) is 10.0. The van der Waals surface area contributed by atoms with E-state index in [1.165, 1.54) is 0 Å². The number of carbonyl (C=O) groups is 1. The van der Waals surface area contributed by atoms with Crippen molar-refractivity contribution in [2.75, 3.05) is 0 Å². The lowest BCUT2D eigenvalue weighted by atomic mass is 10.2. The van der Waals surface area contributed by atoms with Crippen LogP contribution in [0.5, 0.6) is 0 Å². The third-order valence-corrected chi connectivity index (χ3v) is 2.62. The van der Waals surface area contributed by atoms with Gasteiger partial charge < -0.3 is 5.32 Å². The summed E-state index contributed by atoms with van der Waals surface area (Å²) in [7, 11) is 0. The molecule has 19 heavy (non-hydrogen) atoms. The highest BCUT2D eigenvalue weighted by Gasteiger charge is 2.12. The highest BCUT2D eigenvalue weighted by Crippen LogP contribution is 2.13. The van der Waals surface area contributed by atoms with Gasteiger partial charge in [0, 0.05) is 6.20 Å². The first-order valence-electron chi connectivity index (χ1n) is 5.44. The molecule has 0 fully saturated rings. The lowest BCUT2D eigenvalue weighted by Crippen LogP contribution is -2.24. The molecule has 0 aliphatic carbocycles. The average Bonchev–Trinajstić information content (AvgIpc) is 2.39. The zero-order valence-corrected chi connectivity index (χ0v) is 10.8. The second-order valence-electron chi connectivity index (χ2n) is 3.77. The van der Waals surface area contributed by atoms with Gasteiger partial charge in [0.15, 0.2) is 0 Å². The van der Waals surface area contributed by atoms with Crippen LogP contribution in [0.25, 0.3) is 0 Å². The number of hydrogen-bond acceptors (Lipinski definition) is 4. The number of amides is 1. The van der Waals surface area contributed by atoms with Crippen LogP contribution in [-0.2, 0) is 6.54 Å². The standard InChI is InChI=1S/C12H10ClFN4O/c1-7-15-3-2-9(18-7)6-17-12(19)10-4-8(14)5-16-11(10)13/h2-5H,6H2,1H3,(H,17,19). The first-order valence-corrected chi connectivity index (χ1v) is 5.82. The van der Waals surface area contributed by atoms with Gasteiger partial charge in [0.25, 0.3) is 5.91 Å². The second-order valence-corrected chi connectivity index (χ2v) is 4.13. The van der Waals surface area contributed by atoms with Gasteiger partial charge in [0.2, 0.25) is 0 Å². The van der Waals surface area contributed by atoms with Crippen LogP contribution in [0.15, 0.2) is 24.5 Å². The maximum absolute atomic E-state index is 13.0. The van der Waals surface area contributed by atoms with Gasteiger partial charge in [-0.1, -0.05) is 11.6 Å². The Labute approximate surface area is 113 Å². The van der Waals surface area contributed by atoms with Crippen LogP contribution < -0.4 is 5.32 Å². The minimum atomic E-state index is -0.618.